The molecule has 0 bridgehead atoms. The number of nitrogens with zero attached hydrogens (tertiary/aromatic N) is 4. The number of H-pyrrole nitrogens is 1. The van der Waals surface area contributed by atoms with Crippen LogP contribution in [-0.2, 0) is 0 Å². The third-order valence-electron chi connectivity index (χ3n) is 4.46. The van der Waals surface area contributed by atoms with E-state index < -0.39 is 0 Å². The van der Waals surface area contributed by atoms with Crippen LogP contribution in [0.15, 0.2) is 24.5 Å². The van der Waals surface area contributed by atoms with E-state index in [-0.39, 0.29) is 11.8 Å². The topological polar surface area (TPSA) is 114 Å². The Labute approximate surface area is 159 Å². The van der Waals surface area contributed by atoms with Crippen LogP contribution >= 0.6 is 11.6 Å². The van der Waals surface area contributed by atoms with Gasteiger partial charge in [0.2, 0.25) is 0 Å². The second-order valence-electron chi connectivity index (χ2n) is 6.53. The van der Waals surface area contributed by atoms with Gasteiger partial charge in [-0.2, -0.15) is 5.10 Å². The summed E-state index contributed by atoms with van der Waals surface area (Å²) < 4.78 is 1.69. The fourth-order valence-electron chi connectivity index (χ4n) is 3.14. The maximum Gasteiger partial charge on any atom is 0.251 e. The highest BCUT2D eigenvalue weighted by molar-refractivity contribution is 6.38. The Morgan fingerprint density at radius 2 is 2.15 bits per heavy atom. The van der Waals surface area contributed by atoms with E-state index in [0.29, 0.717) is 33.3 Å². The number of nitrogen functional groups attached to an aromatic ring is 1. The largest absolute Gasteiger partial charge is 0.382 e. The van der Waals surface area contributed by atoms with E-state index in [4.69, 9.17) is 22.3 Å². The zero-order valence-corrected chi connectivity index (χ0v) is 15.8. The van der Waals surface area contributed by atoms with Gasteiger partial charge in [0, 0.05) is 29.4 Å². The van der Waals surface area contributed by atoms with Crippen molar-refractivity contribution in [3.05, 3.63) is 40.9 Å². The van der Waals surface area contributed by atoms with Gasteiger partial charge in [-0.15, -0.1) is 0 Å². The first-order valence-electron chi connectivity index (χ1n) is 8.45. The third-order valence-corrected chi connectivity index (χ3v) is 4.86. The van der Waals surface area contributed by atoms with Crippen LogP contribution in [0.1, 0.15) is 35.9 Å². The summed E-state index contributed by atoms with van der Waals surface area (Å²) >= 11 is 6.64. The van der Waals surface area contributed by atoms with Crippen LogP contribution in [0.25, 0.3) is 27.8 Å². The summed E-state index contributed by atoms with van der Waals surface area (Å²) in [5, 5.41) is 8.21. The molecule has 0 aliphatic carbocycles. The van der Waals surface area contributed by atoms with Crippen LogP contribution < -0.4 is 11.1 Å². The summed E-state index contributed by atoms with van der Waals surface area (Å²) in [7, 11) is 1.59. The van der Waals surface area contributed by atoms with Crippen molar-refractivity contribution in [2.45, 2.75) is 19.8 Å². The molecule has 9 heteroatoms. The maximum absolute atomic E-state index is 11.9. The molecule has 4 aromatic rings. The number of hydrogen-bond donors (Lipinski definition) is 3. The number of fused-ring (bicyclic) bond motifs is 2. The second kappa shape index (κ2) is 6.24. The third kappa shape index (κ3) is 2.60. The van der Waals surface area contributed by atoms with Gasteiger partial charge >= 0.3 is 0 Å². The minimum atomic E-state index is -0.170. The first kappa shape index (κ1) is 17.3. The molecule has 8 nitrogen and oxygen atoms in total. The Morgan fingerprint density at radius 3 is 2.85 bits per heavy atom. The number of benzene rings is 1. The number of anilines is 1. The highest BCUT2D eigenvalue weighted by Gasteiger charge is 2.23. The SMILES string of the molecule is CNC(=O)c1ccc2c(Cl)c(-c3nc(C(C)C)n4ncnc(N)c34)[nH]c2c1. The van der Waals surface area contributed by atoms with E-state index in [1.54, 1.807) is 23.7 Å². The molecular weight excluding hydrogens is 366 g/mol. The van der Waals surface area contributed by atoms with E-state index in [1.165, 1.54) is 6.33 Å². The van der Waals surface area contributed by atoms with Gasteiger partial charge < -0.3 is 16.0 Å². The summed E-state index contributed by atoms with van der Waals surface area (Å²) in [6, 6.07) is 5.29. The van der Waals surface area contributed by atoms with Crippen molar-refractivity contribution < 1.29 is 4.79 Å². The zero-order valence-electron chi connectivity index (χ0n) is 15.0. The van der Waals surface area contributed by atoms with Gasteiger partial charge in [-0.25, -0.2) is 14.5 Å². The molecule has 0 saturated heterocycles. The average Bonchev–Trinajstić information content (AvgIpc) is 3.20. The molecule has 0 saturated carbocycles. The molecule has 27 heavy (non-hydrogen) atoms. The fraction of sp³-hybridized carbons (Fsp3) is 0.222. The zero-order chi connectivity index (χ0) is 19.3. The van der Waals surface area contributed by atoms with Gasteiger partial charge in [-0.05, 0) is 12.1 Å². The summed E-state index contributed by atoms with van der Waals surface area (Å²) in [6.07, 6.45) is 1.40. The van der Waals surface area contributed by atoms with E-state index in [0.717, 1.165) is 16.7 Å². The molecule has 138 valence electrons. The van der Waals surface area contributed by atoms with E-state index in [2.05, 4.69) is 20.4 Å². The Balaban J connectivity index is 2.00. The van der Waals surface area contributed by atoms with Gasteiger partial charge in [-0.3, -0.25) is 4.79 Å². The first-order chi connectivity index (χ1) is 12.9. The molecule has 0 spiro atoms. The molecule has 0 fully saturated rings. The lowest BCUT2D eigenvalue weighted by molar-refractivity contribution is 0.0963. The highest BCUT2D eigenvalue weighted by atomic mass is 35.5. The molecule has 3 aromatic heterocycles. The van der Waals surface area contributed by atoms with Crippen molar-refractivity contribution >= 4 is 39.7 Å². The first-order valence-corrected chi connectivity index (χ1v) is 8.83. The molecular formula is C18H18ClN7O. The van der Waals surface area contributed by atoms with Crippen LogP contribution in [-0.4, -0.2) is 37.5 Å². The number of rotatable bonds is 3. The normalized spacial score (nSPS) is 11.6. The highest BCUT2D eigenvalue weighted by Crippen LogP contribution is 2.38. The second-order valence-corrected chi connectivity index (χ2v) is 6.91. The van der Waals surface area contributed by atoms with E-state index in [1.807, 2.05) is 19.9 Å². The number of carbonyl (C=O) groups is 1. The summed E-state index contributed by atoms with van der Waals surface area (Å²) in [6.45, 7) is 4.05. The summed E-state index contributed by atoms with van der Waals surface area (Å²) in [4.78, 5) is 24.0. The number of aromatic nitrogens is 5. The quantitative estimate of drug-likeness (QED) is 0.503. The predicted octanol–water partition coefficient (Wildman–Crippen LogP) is 2.99. The minimum absolute atomic E-state index is 0.128. The van der Waals surface area contributed by atoms with Crippen LogP contribution in [0.4, 0.5) is 5.82 Å². The molecule has 4 rings (SSSR count). The number of hydrogen-bond acceptors (Lipinski definition) is 5. The molecule has 0 atom stereocenters. The van der Waals surface area contributed by atoms with E-state index in [9.17, 15) is 4.79 Å². The number of imidazole rings is 1. The predicted molar refractivity (Wildman–Crippen MR) is 105 cm³/mol. The van der Waals surface area contributed by atoms with Gasteiger partial charge in [0.1, 0.15) is 23.4 Å². The van der Waals surface area contributed by atoms with Crippen molar-refractivity contribution in [1.82, 2.24) is 29.9 Å². The standard InChI is InChI=1S/C18H18ClN7O/c1-8(2)17-25-14(15-16(20)22-7-23-26(15)17)13-12(19)10-5-4-9(18(27)21-3)6-11(10)24-13/h4-8,24H,1-3H3,(H,21,27)(H2,20,22,23). The lowest BCUT2D eigenvalue weighted by atomic mass is 10.1. The lowest BCUT2D eigenvalue weighted by Crippen LogP contribution is -2.17. The fourth-order valence-corrected chi connectivity index (χ4v) is 3.44. The monoisotopic (exact) mass is 383 g/mol. The van der Waals surface area contributed by atoms with Gasteiger partial charge in [-0.1, -0.05) is 31.5 Å². The van der Waals surface area contributed by atoms with Crippen molar-refractivity contribution in [1.29, 1.82) is 0 Å². The Morgan fingerprint density at radius 1 is 1.37 bits per heavy atom. The smallest absolute Gasteiger partial charge is 0.251 e. The van der Waals surface area contributed by atoms with E-state index >= 15 is 0 Å². The number of nitrogens with one attached hydrogen (secondary N) is 2. The number of halogens is 1. The molecule has 0 radical (unpaired) electrons. The number of carbonyl (C=O) groups excluding carboxylic acids is 1. The summed E-state index contributed by atoms with van der Waals surface area (Å²) in [5.41, 5.74) is 9.18. The number of nitrogens with two attached hydrogens (primary N) is 1. The Kier molecular flexibility index (Phi) is 4.00. The molecule has 3 heterocycles. The van der Waals surface area contributed by atoms with Crippen LogP contribution in [0, 0.1) is 0 Å². The molecule has 1 amide bonds. The van der Waals surface area contributed by atoms with Crippen LogP contribution in [0.5, 0.6) is 0 Å². The van der Waals surface area contributed by atoms with Crippen molar-refractivity contribution in [3.8, 4) is 11.4 Å². The van der Waals surface area contributed by atoms with Crippen molar-refractivity contribution in [3.63, 3.8) is 0 Å². The van der Waals surface area contributed by atoms with Gasteiger partial charge in [0.15, 0.2) is 5.82 Å². The van der Waals surface area contributed by atoms with Crippen molar-refractivity contribution in [2.24, 2.45) is 0 Å². The molecule has 4 N–H and O–H groups in total. The Bertz CT molecular complexity index is 1190. The lowest BCUT2D eigenvalue weighted by Gasteiger charge is -2.02. The Hall–Kier alpha value is -3.13. The van der Waals surface area contributed by atoms with Crippen molar-refractivity contribution in [2.75, 3.05) is 12.8 Å². The molecule has 0 aliphatic heterocycles. The molecule has 1 aromatic carbocycles. The molecule has 0 unspecified atom stereocenters. The van der Waals surface area contributed by atoms with Gasteiger partial charge in [0.25, 0.3) is 5.91 Å². The average molecular weight is 384 g/mol. The number of amides is 1. The molecule has 0 aliphatic rings. The van der Waals surface area contributed by atoms with Crippen LogP contribution in [0.3, 0.4) is 0 Å². The van der Waals surface area contributed by atoms with Crippen LogP contribution in [0.2, 0.25) is 5.02 Å². The summed E-state index contributed by atoms with van der Waals surface area (Å²) in [5.74, 6) is 1.04. The minimum Gasteiger partial charge on any atom is -0.382 e. The van der Waals surface area contributed by atoms with Gasteiger partial charge in [0.05, 0.1) is 10.7 Å². The maximum atomic E-state index is 11.9. The number of aromatic amines is 1.